The van der Waals surface area contributed by atoms with E-state index in [0.717, 1.165) is 31.7 Å². The number of benzene rings is 1. The molecule has 1 heterocycles. The zero-order chi connectivity index (χ0) is 12.1. The molecule has 2 rings (SSSR count). The largest absolute Gasteiger partial charge is 0.399 e. The third-order valence-electron chi connectivity index (χ3n) is 3.12. The molecule has 1 saturated heterocycles. The number of morpholine rings is 1. The van der Waals surface area contributed by atoms with Crippen LogP contribution in [0.4, 0.5) is 5.69 Å². The van der Waals surface area contributed by atoms with Gasteiger partial charge < -0.3 is 15.6 Å². The van der Waals surface area contributed by atoms with Crippen LogP contribution in [0.5, 0.6) is 0 Å². The number of aliphatic hydroxyl groups is 1. The van der Waals surface area contributed by atoms with E-state index < -0.39 is 0 Å². The minimum atomic E-state index is -0.0184. The average Bonchev–Trinajstić information content (AvgIpc) is 2.38. The Kier molecular flexibility index (Phi) is 4.36. The Bertz CT molecular complexity index is 340. The van der Waals surface area contributed by atoms with Crippen molar-refractivity contribution < 1.29 is 9.84 Å². The van der Waals surface area contributed by atoms with Crippen molar-refractivity contribution in [2.45, 2.75) is 12.5 Å². The Morgan fingerprint density at radius 1 is 1.35 bits per heavy atom. The Morgan fingerprint density at radius 2 is 2.12 bits per heavy atom. The lowest BCUT2D eigenvalue weighted by Gasteiger charge is -2.31. The number of hydrogen-bond donors (Lipinski definition) is 2. The molecule has 0 saturated carbocycles. The first-order valence-corrected chi connectivity index (χ1v) is 6.07. The van der Waals surface area contributed by atoms with Crippen molar-refractivity contribution in [2.24, 2.45) is 0 Å². The van der Waals surface area contributed by atoms with E-state index in [1.807, 2.05) is 12.1 Å². The Hall–Kier alpha value is -1.10. The topological polar surface area (TPSA) is 58.7 Å². The van der Waals surface area contributed by atoms with Crippen molar-refractivity contribution in [2.75, 3.05) is 38.6 Å². The fraction of sp³-hybridized carbons (Fsp3) is 0.538. The summed E-state index contributed by atoms with van der Waals surface area (Å²) < 4.78 is 5.42. The van der Waals surface area contributed by atoms with E-state index in [-0.39, 0.29) is 12.7 Å². The minimum Gasteiger partial charge on any atom is -0.399 e. The molecule has 0 bridgehead atoms. The van der Waals surface area contributed by atoms with E-state index in [4.69, 9.17) is 15.6 Å². The number of nitrogens with two attached hydrogens (primary N) is 1. The van der Waals surface area contributed by atoms with Gasteiger partial charge in [-0.25, -0.2) is 0 Å². The molecule has 1 aromatic rings. The third kappa shape index (κ3) is 3.70. The molecule has 1 aromatic carbocycles. The second-order valence-electron chi connectivity index (χ2n) is 4.47. The van der Waals surface area contributed by atoms with E-state index in [2.05, 4.69) is 17.0 Å². The van der Waals surface area contributed by atoms with Gasteiger partial charge in [-0.05, 0) is 24.1 Å². The quantitative estimate of drug-likeness (QED) is 0.748. The van der Waals surface area contributed by atoms with Crippen molar-refractivity contribution >= 4 is 5.69 Å². The van der Waals surface area contributed by atoms with Gasteiger partial charge in [-0.2, -0.15) is 0 Å². The second-order valence-corrected chi connectivity index (χ2v) is 4.47. The maximum atomic E-state index is 9.06. The number of hydrogen-bond acceptors (Lipinski definition) is 4. The van der Waals surface area contributed by atoms with Crippen LogP contribution >= 0.6 is 0 Å². The summed E-state index contributed by atoms with van der Waals surface area (Å²) in [5.41, 5.74) is 7.75. The van der Waals surface area contributed by atoms with Crippen molar-refractivity contribution in [3.05, 3.63) is 29.8 Å². The van der Waals surface area contributed by atoms with E-state index in [9.17, 15) is 0 Å². The van der Waals surface area contributed by atoms with Crippen molar-refractivity contribution in [3.8, 4) is 0 Å². The van der Waals surface area contributed by atoms with Crippen molar-refractivity contribution in [1.82, 2.24) is 4.90 Å². The predicted molar refractivity (Wildman–Crippen MR) is 67.8 cm³/mol. The van der Waals surface area contributed by atoms with Crippen molar-refractivity contribution in [3.63, 3.8) is 0 Å². The van der Waals surface area contributed by atoms with Gasteiger partial charge in [0.05, 0.1) is 19.3 Å². The molecule has 3 N–H and O–H groups in total. The number of nitrogens with zero attached hydrogens (tertiary/aromatic N) is 1. The van der Waals surface area contributed by atoms with E-state index in [1.165, 1.54) is 5.56 Å². The molecule has 1 unspecified atom stereocenters. The third-order valence-corrected chi connectivity index (χ3v) is 3.12. The van der Waals surface area contributed by atoms with Gasteiger partial charge >= 0.3 is 0 Å². The molecule has 1 aliphatic heterocycles. The van der Waals surface area contributed by atoms with Crippen LogP contribution in [0.2, 0.25) is 0 Å². The van der Waals surface area contributed by atoms with Crippen LogP contribution in [-0.4, -0.2) is 49.0 Å². The maximum absolute atomic E-state index is 9.06. The number of nitrogen functional groups attached to an aromatic ring is 1. The summed E-state index contributed by atoms with van der Waals surface area (Å²) in [5.74, 6) is 0. The van der Waals surface area contributed by atoms with Crippen molar-refractivity contribution in [1.29, 1.82) is 0 Å². The summed E-state index contributed by atoms with van der Waals surface area (Å²) >= 11 is 0. The summed E-state index contributed by atoms with van der Waals surface area (Å²) in [6, 6.07) is 8.01. The van der Waals surface area contributed by atoms with E-state index in [0.29, 0.717) is 6.61 Å². The lowest BCUT2D eigenvalue weighted by molar-refractivity contribution is -0.0523. The molecular formula is C13H20N2O2. The van der Waals surface area contributed by atoms with Crippen LogP contribution in [-0.2, 0) is 11.2 Å². The van der Waals surface area contributed by atoms with Gasteiger partial charge in [-0.1, -0.05) is 12.1 Å². The van der Waals surface area contributed by atoms with Crippen LogP contribution in [0, 0.1) is 0 Å². The number of anilines is 1. The van der Waals surface area contributed by atoms with Crippen LogP contribution in [0.25, 0.3) is 0 Å². The summed E-state index contributed by atoms with van der Waals surface area (Å²) in [5, 5.41) is 9.06. The smallest absolute Gasteiger partial charge is 0.0932 e. The lowest BCUT2D eigenvalue weighted by atomic mass is 10.1. The molecule has 0 spiro atoms. The van der Waals surface area contributed by atoms with Crippen LogP contribution in [0.15, 0.2) is 24.3 Å². The van der Waals surface area contributed by atoms with Gasteiger partial charge in [0.2, 0.25) is 0 Å². The molecule has 0 aromatic heterocycles. The Labute approximate surface area is 102 Å². The lowest BCUT2D eigenvalue weighted by Crippen LogP contribution is -2.44. The Balaban J connectivity index is 1.79. The molecule has 4 nitrogen and oxygen atoms in total. The van der Waals surface area contributed by atoms with E-state index >= 15 is 0 Å². The molecule has 94 valence electrons. The molecule has 4 heteroatoms. The van der Waals surface area contributed by atoms with Gasteiger partial charge in [0, 0.05) is 25.3 Å². The summed E-state index contributed by atoms with van der Waals surface area (Å²) in [7, 11) is 0. The highest BCUT2D eigenvalue weighted by Crippen LogP contribution is 2.09. The standard InChI is InChI=1S/C13H20N2O2/c14-12-3-1-11(2-4-12)5-6-15-7-8-17-13(9-15)10-16/h1-4,13,16H,5-10,14H2. The first-order chi connectivity index (χ1) is 8.28. The highest BCUT2D eigenvalue weighted by atomic mass is 16.5. The molecular weight excluding hydrogens is 216 g/mol. The fourth-order valence-corrected chi connectivity index (χ4v) is 2.07. The molecule has 1 aliphatic rings. The van der Waals surface area contributed by atoms with Gasteiger partial charge in [-0.15, -0.1) is 0 Å². The maximum Gasteiger partial charge on any atom is 0.0932 e. The molecule has 1 fully saturated rings. The van der Waals surface area contributed by atoms with Crippen LogP contribution < -0.4 is 5.73 Å². The van der Waals surface area contributed by atoms with Crippen LogP contribution in [0.1, 0.15) is 5.56 Å². The molecule has 0 amide bonds. The van der Waals surface area contributed by atoms with E-state index in [1.54, 1.807) is 0 Å². The van der Waals surface area contributed by atoms with Gasteiger partial charge in [0.1, 0.15) is 0 Å². The van der Waals surface area contributed by atoms with Crippen LogP contribution in [0.3, 0.4) is 0 Å². The highest BCUT2D eigenvalue weighted by molar-refractivity contribution is 5.39. The molecule has 17 heavy (non-hydrogen) atoms. The zero-order valence-electron chi connectivity index (χ0n) is 10.0. The molecule has 0 aliphatic carbocycles. The monoisotopic (exact) mass is 236 g/mol. The zero-order valence-corrected chi connectivity index (χ0v) is 10.0. The summed E-state index contributed by atoms with van der Waals surface area (Å²) in [4.78, 5) is 2.33. The number of ether oxygens (including phenoxy) is 1. The SMILES string of the molecule is Nc1ccc(CCN2CCOC(CO)C2)cc1. The van der Waals surface area contributed by atoms with Gasteiger partial charge in [0.25, 0.3) is 0 Å². The Morgan fingerprint density at radius 3 is 2.82 bits per heavy atom. The minimum absolute atomic E-state index is 0.0184. The predicted octanol–water partition coefficient (Wildman–Crippen LogP) is 0.504. The van der Waals surface area contributed by atoms with Gasteiger partial charge in [-0.3, -0.25) is 4.90 Å². The summed E-state index contributed by atoms with van der Waals surface area (Å²) in [6.07, 6.45) is 0.994. The first-order valence-electron chi connectivity index (χ1n) is 6.07. The molecule has 0 radical (unpaired) electrons. The fourth-order valence-electron chi connectivity index (χ4n) is 2.07. The highest BCUT2D eigenvalue weighted by Gasteiger charge is 2.18. The number of aliphatic hydroxyl groups excluding tert-OH is 1. The molecule has 1 atom stereocenters. The number of rotatable bonds is 4. The average molecular weight is 236 g/mol. The first kappa shape index (κ1) is 12.4. The van der Waals surface area contributed by atoms with Gasteiger partial charge in [0.15, 0.2) is 0 Å². The second kappa shape index (κ2) is 6.00. The summed E-state index contributed by atoms with van der Waals surface area (Å²) in [6.45, 7) is 3.60. The normalized spacial score (nSPS) is 21.6.